The van der Waals surface area contributed by atoms with Crippen molar-refractivity contribution < 1.29 is 4.79 Å². The molecule has 1 aliphatic rings. The van der Waals surface area contributed by atoms with E-state index in [1.165, 1.54) is 16.7 Å². The number of carbonyl (C=O) groups is 1. The number of nitrogens with zero attached hydrogens (tertiary/aromatic N) is 5. The Bertz CT molecular complexity index is 781. The summed E-state index contributed by atoms with van der Waals surface area (Å²) in [6.45, 7) is 8.40. The molecule has 0 radical (unpaired) electrons. The van der Waals surface area contributed by atoms with Gasteiger partial charge in [0.1, 0.15) is 11.5 Å². The second-order valence-electron chi connectivity index (χ2n) is 6.67. The van der Waals surface area contributed by atoms with Crippen molar-refractivity contribution in [3.05, 3.63) is 60.1 Å². The lowest BCUT2D eigenvalue weighted by atomic mass is 10.1. The number of rotatable bonds is 5. The van der Waals surface area contributed by atoms with Crippen molar-refractivity contribution in [1.29, 1.82) is 0 Å². The van der Waals surface area contributed by atoms with E-state index in [1.54, 1.807) is 20.3 Å². The fraction of sp³-hybridized carbons (Fsp3) is 0.350. The highest BCUT2D eigenvalue weighted by Crippen LogP contribution is 2.16. The number of anilines is 1. The van der Waals surface area contributed by atoms with Crippen LogP contribution in [0.15, 0.2) is 43.2 Å². The summed E-state index contributed by atoms with van der Waals surface area (Å²) in [5, 5.41) is 0. The molecule has 1 aromatic heterocycles. The summed E-state index contributed by atoms with van der Waals surface area (Å²) >= 11 is 0. The van der Waals surface area contributed by atoms with Crippen molar-refractivity contribution in [2.24, 2.45) is 0 Å². The summed E-state index contributed by atoms with van der Waals surface area (Å²) < 4.78 is 0. The van der Waals surface area contributed by atoms with Gasteiger partial charge in [-0.1, -0.05) is 36.9 Å². The van der Waals surface area contributed by atoms with Gasteiger partial charge >= 0.3 is 0 Å². The summed E-state index contributed by atoms with van der Waals surface area (Å²) in [5.74, 6) is 0.645. The first-order chi connectivity index (χ1) is 12.6. The number of piperazine rings is 1. The van der Waals surface area contributed by atoms with Crippen LogP contribution in [0.25, 0.3) is 6.08 Å². The fourth-order valence-corrected chi connectivity index (χ4v) is 3.05. The molecule has 1 fully saturated rings. The number of hydrogen-bond acceptors (Lipinski definition) is 5. The summed E-state index contributed by atoms with van der Waals surface area (Å²) in [4.78, 5) is 26.9. The summed E-state index contributed by atoms with van der Waals surface area (Å²) in [7, 11) is 3.44. The first-order valence-corrected chi connectivity index (χ1v) is 8.79. The largest absolute Gasteiger partial charge is 0.353 e. The Labute approximate surface area is 154 Å². The van der Waals surface area contributed by atoms with Crippen LogP contribution >= 0.6 is 0 Å². The van der Waals surface area contributed by atoms with Crippen LogP contribution in [-0.2, 0) is 6.54 Å². The van der Waals surface area contributed by atoms with Crippen molar-refractivity contribution in [2.75, 3.05) is 45.2 Å². The van der Waals surface area contributed by atoms with E-state index < -0.39 is 0 Å². The molecule has 6 nitrogen and oxygen atoms in total. The van der Waals surface area contributed by atoms with Gasteiger partial charge in [0.2, 0.25) is 0 Å². The van der Waals surface area contributed by atoms with Crippen LogP contribution in [0.5, 0.6) is 0 Å². The van der Waals surface area contributed by atoms with Crippen LogP contribution in [-0.4, -0.2) is 65.9 Å². The highest BCUT2D eigenvalue weighted by Gasteiger charge is 2.20. The van der Waals surface area contributed by atoms with Gasteiger partial charge in [-0.15, -0.1) is 0 Å². The number of carbonyl (C=O) groups excluding carboxylic acids is 1. The van der Waals surface area contributed by atoms with Crippen LogP contribution in [0.4, 0.5) is 5.82 Å². The number of hydrogen-bond donors (Lipinski definition) is 0. The third-order valence-electron chi connectivity index (χ3n) is 4.54. The maximum absolute atomic E-state index is 12.1. The van der Waals surface area contributed by atoms with E-state index >= 15 is 0 Å². The highest BCUT2D eigenvalue weighted by atomic mass is 16.2. The smallest absolute Gasteiger partial charge is 0.273 e. The average molecular weight is 351 g/mol. The Hall–Kier alpha value is -2.73. The molecule has 2 aromatic rings. The van der Waals surface area contributed by atoms with Crippen molar-refractivity contribution >= 4 is 17.8 Å². The molecule has 0 spiro atoms. The number of benzene rings is 1. The summed E-state index contributed by atoms with van der Waals surface area (Å²) in [6.07, 6.45) is 5.13. The zero-order valence-corrected chi connectivity index (χ0v) is 15.4. The Kier molecular flexibility index (Phi) is 5.63. The highest BCUT2D eigenvalue weighted by molar-refractivity contribution is 5.91. The number of aromatic nitrogens is 2. The van der Waals surface area contributed by atoms with Crippen molar-refractivity contribution in [3.8, 4) is 0 Å². The molecule has 1 aliphatic heterocycles. The van der Waals surface area contributed by atoms with Crippen LogP contribution in [0.2, 0.25) is 0 Å². The minimum Gasteiger partial charge on any atom is -0.353 e. The molecule has 0 N–H and O–H groups in total. The maximum Gasteiger partial charge on any atom is 0.273 e. The van der Waals surface area contributed by atoms with E-state index in [2.05, 4.69) is 50.6 Å². The first kappa shape index (κ1) is 18.1. The molecule has 1 amide bonds. The fourth-order valence-electron chi connectivity index (χ4n) is 3.05. The quantitative estimate of drug-likeness (QED) is 0.826. The summed E-state index contributed by atoms with van der Waals surface area (Å²) in [6, 6.07) is 8.48. The van der Waals surface area contributed by atoms with Gasteiger partial charge in [0, 0.05) is 46.8 Å². The van der Waals surface area contributed by atoms with Gasteiger partial charge < -0.3 is 9.80 Å². The Morgan fingerprint density at radius 3 is 2.69 bits per heavy atom. The minimum atomic E-state index is -0.125. The van der Waals surface area contributed by atoms with Crippen LogP contribution in [0, 0.1) is 0 Å². The van der Waals surface area contributed by atoms with Gasteiger partial charge in [0.05, 0.1) is 12.4 Å². The molecule has 6 heteroatoms. The first-order valence-electron chi connectivity index (χ1n) is 8.79. The SMILES string of the molecule is C=Cc1cccc(CN2CCN(c3cncc(C(=O)N(C)C)n3)CC2)c1. The second kappa shape index (κ2) is 8.10. The molecule has 0 atom stereocenters. The molecule has 0 unspecified atom stereocenters. The predicted octanol–water partition coefficient (Wildman–Crippen LogP) is 2.14. The Balaban J connectivity index is 1.61. The Morgan fingerprint density at radius 1 is 1.23 bits per heavy atom. The standard InChI is InChI=1S/C20H25N5O/c1-4-16-6-5-7-17(12-16)15-24-8-10-25(11-9-24)19-14-21-13-18(22-19)20(26)23(2)3/h4-7,12-14H,1,8-11,15H2,2-3H3. The Morgan fingerprint density at radius 2 is 2.00 bits per heavy atom. The van der Waals surface area contributed by atoms with Crippen LogP contribution in [0.3, 0.4) is 0 Å². The number of amides is 1. The van der Waals surface area contributed by atoms with E-state index in [-0.39, 0.29) is 5.91 Å². The molecule has 3 rings (SSSR count). The molecule has 2 heterocycles. The van der Waals surface area contributed by atoms with Crippen LogP contribution < -0.4 is 4.90 Å². The van der Waals surface area contributed by atoms with Gasteiger partial charge in [-0.05, 0) is 11.1 Å². The van der Waals surface area contributed by atoms with Gasteiger partial charge in [0.15, 0.2) is 0 Å². The van der Waals surface area contributed by atoms with E-state index in [0.717, 1.165) is 44.1 Å². The van der Waals surface area contributed by atoms with E-state index in [4.69, 9.17) is 0 Å². The topological polar surface area (TPSA) is 52.6 Å². The lowest BCUT2D eigenvalue weighted by Crippen LogP contribution is -2.46. The molecule has 136 valence electrons. The van der Waals surface area contributed by atoms with E-state index in [0.29, 0.717) is 5.69 Å². The zero-order chi connectivity index (χ0) is 18.5. The lowest BCUT2D eigenvalue weighted by Gasteiger charge is -2.35. The lowest BCUT2D eigenvalue weighted by molar-refractivity contribution is 0.0821. The maximum atomic E-state index is 12.1. The monoisotopic (exact) mass is 351 g/mol. The molecule has 26 heavy (non-hydrogen) atoms. The zero-order valence-electron chi connectivity index (χ0n) is 15.4. The van der Waals surface area contributed by atoms with E-state index in [9.17, 15) is 4.79 Å². The molecule has 1 aromatic carbocycles. The van der Waals surface area contributed by atoms with Gasteiger partial charge in [-0.25, -0.2) is 4.98 Å². The van der Waals surface area contributed by atoms with Gasteiger partial charge in [-0.3, -0.25) is 14.7 Å². The van der Waals surface area contributed by atoms with Crippen molar-refractivity contribution in [2.45, 2.75) is 6.54 Å². The normalized spacial score (nSPS) is 14.9. The average Bonchev–Trinajstić information content (AvgIpc) is 2.68. The second-order valence-corrected chi connectivity index (χ2v) is 6.67. The summed E-state index contributed by atoms with van der Waals surface area (Å²) in [5.41, 5.74) is 2.84. The molecule has 0 aliphatic carbocycles. The van der Waals surface area contributed by atoms with Crippen molar-refractivity contribution in [1.82, 2.24) is 19.8 Å². The minimum absolute atomic E-state index is 0.125. The van der Waals surface area contributed by atoms with Gasteiger partial charge in [-0.2, -0.15) is 0 Å². The molecular weight excluding hydrogens is 326 g/mol. The predicted molar refractivity (Wildman–Crippen MR) is 104 cm³/mol. The molecule has 0 saturated carbocycles. The molecule has 0 bridgehead atoms. The third kappa shape index (κ3) is 4.26. The van der Waals surface area contributed by atoms with Crippen molar-refractivity contribution in [3.63, 3.8) is 0 Å². The third-order valence-corrected chi connectivity index (χ3v) is 4.54. The molecular formula is C20H25N5O. The van der Waals surface area contributed by atoms with E-state index in [1.807, 2.05) is 6.08 Å². The van der Waals surface area contributed by atoms with Gasteiger partial charge in [0.25, 0.3) is 5.91 Å². The van der Waals surface area contributed by atoms with Crippen LogP contribution in [0.1, 0.15) is 21.6 Å². The molecule has 1 saturated heterocycles.